The van der Waals surface area contributed by atoms with E-state index in [1.807, 2.05) is 0 Å². The zero-order chi connectivity index (χ0) is 15.2. The summed E-state index contributed by atoms with van der Waals surface area (Å²) in [6, 6.07) is 9.70. The Morgan fingerprint density at radius 1 is 1.29 bits per heavy atom. The Balaban J connectivity index is 2.04. The van der Waals surface area contributed by atoms with E-state index >= 15 is 0 Å². The third-order valence-corrected chi connectivity index (χ3v) is 4.57. The van der Waals surface area contributed by atoms with E-state index in [-0.39, 0.29) is 0 Å². The second kappa shape index (κ2) is 7.69. The van der Waals surface area contributed by atoms with Gasteiger partial charge < -0.3 is 15.0 Å². The van der Waals surface area contributed by atoms with Gasteiger partial charge in [-0.1, -0.05) is 27.2 Å². The summed E-state index contributed by atoms with van der Waals surface area (Å²) in [5.74, 6) is 1.69. The summed E-state index contributed by atoms with van der Waals surface area (Å²) in [4.78, 5) is 2.52. The maximum absolute atomic E-state index is 5.67. The Bertz CT molecular complexity index is 418. The van der Waals surface area contributed by atoms with Gasteiger partial charge in [-0.3, -0.25) is 0 Å². The van der Waals surface area contributed by atoms with Gasteiger partial charge in [0, 0.05) is 30.9 Å². The molecule has 0 bridgehead atoms. The van der Waals surface area contributed by atoms with Crippen LogP contribution in [0.2, 0.25) is 0 Å². The van der Waals surface area contributed by atoms with E-state index in [4.69, 9.17) is 4.74 Å². The molecule has 0 aliphatic carbocycles. The average Bonchev–Trinajstić information content (AvgIpc) is 2.53. The smallest absolute Gasteiger partial charge is 0.119 e. The zero-order valence-corrected chi connectivity index (χ0v) is 13.9. The predicted molar refractivity (Wildman–Crippen MR) is 90.3 cm³/mol. The van der Waals surface area contributed by atoms with Crippen molar-refractivity contribution in [2.75, 3.05) is 24.6 Å². The average molecular weight is 290 g/mol. The molecule has 0 spiro atoms. The van der Waals surface area contributed by atoms with Gasteiger partial charge in [0.1, 0.15) is 5.75 Å². The number of hydrogen-bond acceptors (Lipinski definition) is 3. The van der Waals surface area contributed by atoms with Crippen LogP contribution in [0.15, 0.2) is 24.3 Å². The molecule has 1 saturated heterocycles. The van der Waals surface area contributed by atoms with Crippen molar-refractivity contribution in [2.45, 2.75) is 52.6 Å². The number of piperazine rings is 1. The fourth-order valence-corrected chi connectivity index (χ4v) is 2.87. The van der Waals surface area contributed by atoms with Gasteiger partial charge in [-0.05, 0) is 43.5 Å². The van der Waals surface area contributed by atoms with Crippen molar-refractivity contribution in [3.63, 3.8) is 0 Å². The molecule has 3 atom stereocenters. The minimum absolute atomic E-state index is 0.535. The van der Waals surface area contributed by atoms with Gasteiger partial charge in [0.05, 0.1) is 6.61 Å². The zero-order valence-electron chi connectivity index (χ0n) is 13.9. The van der Waals surface area contributed by atoms with E-state index < -0.39 is 0 Å². The van der Waals surface area contributed by atoms with Crippen LogP contribution < -0.4 is 15.0 Å². The van der Waals surface area contributed by atoms with Gasteiger partial charge in [0.15, 0.2) is 0 Å². The molecule has 1 aromatic carbocycles. The van der Waals surface area contributed by atoms with Gasteiger partial charge in [0.2, 0.25) is 0 Å². The molecule has 1 fully saturated rings. The largest absolute Gasteiger partial charge is 0.494 e. The van der Waals surface area contributed by atoms with E-state index in [1.54, 1.807) is 0 Å². The molecule has 1 aromatic rings. The highest BCUT2D eigenvalue weighted by molar-refractivity contribution is 5.50. The first-order valence-electron chi connectivity index (χ1n) is 8.38. The molecule has 3 unspecified atom stereocenters. The lowest BCUT2D eigenvalue weighted by Crippen LogP contribution is -2.57. The van der Waals surface area contributed by atoms with Crippen molar-refractivity contribution in [3.8, 4) is 5.75 Å². The van der Waals surface area contributed by atoms with Gasteiger partial charge in [-0.2, -0.15) is 0 Å². The van der Waals surface area contributed by atoms with Crippen LogP contribution in [0.25, 0.3) is 0 Å². The minimum Gasteiger partial charge on any atom is -0.494 e. The van der Waals surface area contributed by atoms with Crippen LogP contribution in [0.1, 0.15) is 40.5 Å². The maximum atomic E-state index is 5.67. The van der Waals surface area contributed by atoms with Crippen LogP contribution in [0.5, 0.6) is 5.75 Å². The highest BCUT2D eigenvalue weighted by Crippen LogP contribution is 2.25. The molecule has 1 aliphatic heterocycles. The van der Waals surface area contributed by atoms with E-state index in [1.165, 1.54) is 12.1 Å². The SMILES string of the molecule is CCCOc1ccc(N2CC(C(C)CC)NCC2C)cc1. The molecule has 0 radical (unpaired) electrons. The number of nitrogens with one attached hydrogen (secondary N) is 1. The summed E-state index contributed by atoms with van der Waals surface area (Å²) in [6.07, 6.45) is 2.27. The number of nitrogens with zero attached hydrogens (tertiary/aromatic N) is 1. The molecule has 0 amide bonds. The van der Waals surface area contributed by atoms with Crippen LogP contribution in [0.4, 0.5) is 5.69 Å². The summed E-state index contributed by atoms with van der Waals surface area (Å²) in [5, 5.41) is 3.69. The van der Waals surface area contributed by atoms with Crippen LogP contribution in [0, 0.1) is 5.92 Å². The molecule has 1 aliphatic rings. The first kappa shape index (κ1) is 16.2. The quantitative estimate of drug-likeness (QED) is 0.865. The molecular formula is C18H30N2O. The molecule has 2 rings (SSSR count). The Kier molecular flexibility index (Phi) is 5.92. The Morgan fingerprint density at radius 2 is 2.00 bits per heavy atom. The first-order chi connectivity index (χ1) is 10.2. The van der Waals surface area contributed by atoms with Crippen molar-refractivity contribution >= 4 is 5.69 Å². The normalized spacial score (nSPS) is 23.9. The molecule has 1 heterocycles. The number of hydrogen-bond donors (Lipinski definition) is 1. The van der Waals surface area contributed by atoms with Crippen molar-refractivity contribution in [1.82, 2.24) is 5.32 Å². The molecule has 0 saturated carbocycles. The lowest BCUT2D eigenvalue weighted by Gasteiger charge is -2.42. The topological polar surface area (TPSA) is 24.5 Å². The van der Waals surface area contributed by atoms with Crippen LogP contribution >= 0.6 is 0 Å². The molecule has 21 heavy (non-hydrogen) atoms. The number of ether oxygens (including phenoxy) is 1. The highest BCUT2D eigenvalue weighted by atomic mass is 16.5. The van der Waals surface area contributed by atoms with Crippen molar-refractivity contribution < 1.29 is 4.74 Å². The highest BCUT2D eigenvalue weighted by Gasteiger charge is 2.27. The standard InChI is InChI=1S/C18H30N2O/c1-5-11-21-17-9-7-16(8-10-17)20-13-18(14(3)6-2)19-12-15(20)4/h7-10,14-15,18-19H,5-6,11-13H2,1-4H3. The van der Waals surface area contributed by atoms with E-state index in [0.29, 0.717) is 18.0 Å². The minimum atomic E-state index is 0.535. The Labute approximate surface area is 129 Å². The fraction of sp³-hybridized carbons (Fsp3) is 0.667. The summed E-state index contributed by atoms with van der Waals surface area (Å²) >= 11 is 0. The Morgan fingerprint density at radius 3 is 2.62 bits per heavy atom. The number of benzene rings is 1. The lowest BCUT2D eigenvalue weighted by molar-refractivity contribution is 0.314. The van der Waals surface area contributed by atoms with E-state index in [2.05, 4.69) is 62.2 Å². The lowest BCUT2D eigenvalue weighted by atomic mass is 9.95. The molecule has 118 valence electrons. The molecular weight excluding hydrogens is 260 g/mol. The summed E-state index contributed by atoms with van der Waals surface area (Å²) in [5.41, 5.74) is 1.31. The van der Waals surface area contributed by atoms with Crippen LogP contribution in [-0.2, 0) is 0 Å². The van der Waals surface area contributed by atoms with Gasteiger partial charge in [0.25, 0.3) is 0 Å². The first-order valence-corrected chi connectivity index (χ1v) is 8.38. The number of anilines is 1. The van der Waals surface area contributed by atoms with Crippen LogP contribution in [-0.4, -0.2) is 31.8 Å². The van der Waals surface area contributed by atoms with Gasteiger partial charge in [-0.15, -0.1) is 0 Å². The van der Waals surface area contributed by atoms with Crippen molar-refractivity contribution in [2.24, 2.45) is 5.92 Å². The third kappa shape index (κ3) is 4.13. The molecule has 0 aromatic heterocycles. The van der Waals surface area contributed by atoms with Crippen molar-refractivity contribution in [3.05, 3.63) is 24.3 Å². The van der Waals surface area contributed by atoms with Crippen LogP contribution in [0.3, 0.4) is 0 Å². The molecule has 3 heteroatoms. The van der Waals surface area contributed by atoms with Crippen molar-refractivity contribution in [1.29, 1.82) is 0 Å². The molecule has 1 N–H and O–H groups in total. The predicted octanol–water partition coefficient (Wildman–Crippen LogP) is 3.69. The monoisotopic (exact) mass is 290 g/mol. The van der Waals surface area contributed by atoms with Gasteiger partial charge >= 0.3 is 0 Å². The second-order valence-electron chi connectivity index (χ2n) is 6.24. The summed E-state index contributed by atoms with van der Waals surface area (Å²) < 4.78 is 5.67. The maximum Gasteiger partial charge on any atom is 0.119 e. The fourth-order valence-electron chi connectivity index (χ4n) is 2.87. The molecule has 3 nitrogen and oxygen atoms in total. The van der Waals surface area contributed by atoms with E-state index in [0.717, 1.165) is 31.9 Å². The Hall–Kier alpha value is -1.22. The number of rotatable bonds is 6. The van der Waals surface area contributed by atoms with E-state index in [9.17, 15) is 0 Å². The summed E-state index contributed by atoms with van der Waals surface area (Å²) in [6.45, 7) is 12.0. The van der Waals surface area contributed by atoms with Gasteiger partial charge in [-0.25, -0.2) is 0 Å². The third-order valence-electron chi connectivity index (χ3n) is 4.57. The summed E-state index contributed by atoms with van der Waals surface area (Å²) in [7, 11) is 0. The second-order valence-corrected chi connectivity index (χ2v) is 6.24.